The molecule has 12 nitrogen and oxygen atoms in total. The lowest BCUT2D eigenvalue weighted by Gasteiger charge is -2.41. The van der Waals surface area contributed by atoms with Gasteiger partial charge in [0.2, 0.25) is 11.5 Å². The highest BCUT2D eigenvalue weighted by Crippen LogP contribution is 2.58. The lowest BCUT2D eigenvalue weighted by Crippen LogP contribution is -2.36. The molecule has 0 N–H and O–H groups in total. The fraction of sp³-hybridized carbons (Fsp3) is 0.442. The molecule has 3 aliphatic rings. The first-order chi connectivity index (χ1) is 26.7. The average Bonchev–Trinajstić information content (AvgIpc) is 3.21. The fourth-order valence-electron chi connectivity index (χ4n) is 8.82. The Morgan fingerprint density at radius 2 is 1.11 bits per heavy atom. The van der Waals surface area contributed by atoms with Crippen LogP contribution < -0.4 is 47.4 Å². The molecule has 2 heterocycles. The van der Waals surface area contributed by atoms with Gasteiger partial charge in [-0.05, 0) is 86.3 Å². The van der Waals surface area contributed by atoms with Gasteiger partial charge < -0.3 is 47.4 Å². The second kappa shape index (κ2) is 15.5. The predicted molar refractivity (Wildman–Crippen MR) is 209 cm³/mol. The van der Waals surface area contributed by atoms with E-state index in [-0.39, 0.29) is 12.1 Å². The maximum Gasteiger partial charge on any atom is 0.204 e. The van der Waals surface area contributed by atoms with Crippen LogP contribution in [-0.2, 0) is 25.7 Å². The third-order valence-electron chi connectivity index (χ3n) is 11.5. The highest BCUT2D eigenvalue weighted by molar-refractivity contribution is 5.87. The van der Waals surface area contributed by atoms with Crippen LogP contribution in [0.5, 0.6) is 63.2 Å². The van der Waals surface area contributed by atoms with Crippen LogP contribution in [0.15, 0.2) is 30.3 Å². The van der Waals surface area contributed by atoms with E-state index >= 15 is 0 Å². The van der Waals surface area contributed by atoms with E-state index in [2.05, 4.69) is 42.1 Å². The van der Waals surface area contributed by atoms with Crippen LogP contribution in [-0.4, -0.2) is 101 Å². The van der Waals surface area contributed by atoms with Crippen LogP contribution in [0.3, 0.4) is 0 Å². The van der Waals surface area contributed by atoms with Crippen LogP contribution in [0.4, 0.5) is 0 Å². The Balaban J connectivity index is 1.36. The molecular formula is C43H52N2O10. The number of rotatable bonds is 13. The van der Waals surface area contributed by atoms with Gasteiger partial charge in [-0.1, -0.05) is 0 Å². The quantitative estimate of drug-likeness (QED) is 0.140. The molecule has 2 aliphatic heterocycles. The summed E-state index contributed by atoms with van der Waals surface area (Å²) in [5.41, 5.74) is 8.60. The van der Waals surface area contributed by atoms with Gasteiger partial charge in [0.25, 0.3) is 0 Å². The first kappa shape index (κ1) is 38.1. The van der Waals surface area contributed by atoms with Crippen LogP contribution in [0, 0.1) is 0 Å². The van der Waals surface area contributed by atoms with Gasteiger partial charge in [0, 0.05) is 53.5 Å². The van der Waals surface area contributed by atoms with Crippen molar-refractivity contribution in [3.63, 3.8) is 0 Å². The van der Waals surface area contributed by atoms with Gasteiger partial charge in [0.05, 0.1) is 64.0 Å². The van der Waals surface area contributed by atoms with Crippen molar-refractivity contribution < 1.29 is 47.4 Å². The molecule has 294 valence electrons. The molecule has 0 unspecified atom stereocenters. The summed E-state index contributed by atoms with van der Waals surface area (Å²) in [6.45, 7) is 1.71. The topological polar surface area (TPSA) is 98.8 Å². The zero-order valence-corrected chi connectivity index (χ0v) is 33.8. The molecule has 0 spiro atoms. The molecule has 1 aliphatic carbocycles. The summed E-state index contributed by atoms with van der Waals surface area (Å²) < 4.78 is 60.1. The summed E-state index contributed by atoms with van der Waals surface area (Å²) in [4.78, 5) is 4.74. The van der Waals surface area contributed by atoms with E-state index in [1.807, 2.05) is 12.1 Å². The lowest BCUT2D eigenvalue weighted by atomic mass is 9.76. The Kier molecular flexibility index (Phi) is 10.7. The summed E-state index contributed by atoms with van der Waals surface area (Å²) in [7, 11) is 19.2. The van der Waals surface area contributed by atoms with Crippen molar-refractivity contribution >= 4 is 0 Å². The smallest absolute Gasteiger partial charge is 0.204 e. The Hall–Kier alpha value is -5.20. The molecule has 0 aromatic heterocycles. The number of benzene rings is 4. The molecule has 4 aromatic carbocycles. The van der Waals surface area contributed by atoms with Crippen molar-refractivity contribution in [2.45, 2.75) is 37.8 Å². The zero-order chi connectivity index (χ0) is 39.1. The number of hydrogen-bond donors (Lipinski definition) is 0. The number of ether oxygens (including phenoxy) is 10. The van der Waals surface area contributed by atoms with Gasteiger partial charge in [-0.3, -0.25) is 9.80 Å². The van der Waals surface area contributed by atoms with Crippen LogP contribution >= 0.6 is 0 Å². The lowest BCUT2D eigenvalue weighted by molar-refractivity contribution is 0.222. The first-order valence-corrected chi connectivity index (χ1v) is 18.4. The monoisotopic (exact) mass is 756 g/mol. The minimum absolute atomic E-state index is 0.0460. The molecular weight excluding hydrogens is 704 g/mol. The number of methoxy groups -OCH3 is 9. The summed E-state index contributed by atoms with van der Waals surface area (Å²) in [5.74, 6) is 6.82. The van der Waals surface area contributed by atoms with E-state index in [0.717, 1.165) is 77.0 Å². The second-order valence-electron chi connectivity index (χ2n) is 14.1. The van der Waals surface area contributed by atoms with E-state index in [1.54, 1.807) is 64.0 Å². The molecule has 2 atom stereocenters. The molecule has 0 amide bonds. The third-order valence-corrected chi connectivity index (χ3v) is 11.5. The van der Waals surface area contributed by atoms with Crippen molar-refractivity contribution in [3.05, 3.63) is 63.7 Å². The minimum Gasteiger partial charge on any atom is -0.493 e. The van der Waals surface area contributed by atoms with E-state index in [9.17, 15) is 0 Å². The number of fused-ring (bicyclic) bond motifs is 3. The molecule has 0 saturated carbocycles. The van der Waals surface area contributed by atoms with E-state index in [1.165, 1.54) is 5.56 Å². The average molecular weight is 757 g/mol. The van der Waals surface area contributed by atoms with Crippen molar-refractivity contribution in [1.82, 2.24) is 9.80 Å². The molecule has 7 rings (SSSR count). The standard InChI is InChI=1S/C43H52N2O10/c1-44-14-12-25-28(21-36(49-6)41(52-9)39(25)50-7)29(44)17-24-19-32(46-3)34(48-5)22-31(24)55-35-18-23-16-30-37-26(13-15-45(30)2)40(51-8)43(54-11)42(53-10)38(37)27(23)20-33(35)47-4/h18-22,29-30H,12-17H2,1-11H3/t29-,30-/m1/s1. The fourth-order valence-corrected chi connectivity index (χ4v) is 8.82. The minimum atomic E-state index is -0.0460. The molecule has 0 radical (unpaired) electrons. The number of hydrogen-bond acceptors (Lipinski definition) is 12. The van der Waals surface area contributed by atoms with E-state index in [0.29, 0.717) is 63.9 Å². The van der Waals surface area contributed by atoms with Gasteiger partial charge in [-0.2, -0.15) is 0 Å². The Labute approximate surface area is 323 Å². The Morgan fingerprint density at radius 1 is 0.527 bits per heavy atom. The second-order valence-corrected chi connectivity index (χ2v) is 14.1. The highest BCUT2D eigenvalue weighted by Gasteiger charge is 2.40. The van der Waals surface area contributed by atoms with E-state index < -0.39 is 0 Å². The normalized spacial score (nSPS) is 17.3. The Bertz CT molecular complexity index is 2100. The van der Waals surface area contributed by atoms with Gasteiger partial charge >= 0.3 is 0 Å². The largest absolute Gasteiger partial charge is 0.493 e. The van der Waals surface area contributed by atoms with Crippen molar-refractivity contribution in [3.8, 4) is 74.4 Å². The maximum atomic E-state index is 6.95. The third kappa shape index (κ3) is 6.25. The molecule has 0 fully saturated rings. The molecule has 12 heteroatoms. The number of nitrogens with zero attached hydrogens (tertiary/aromatic N) is 2. The van der Waals surface area contributed by atoms with Crippen LogP contribution in [0.2, 0.25) is 0 Å². The van der Waals surface area contributed by atoms with E-state index in [4.69, 9.17) is 47.4 Å². The van der Waals surface area contributed by atoms with Gasteiger partial charge in [0.1, 0.15) is 5.75 Å². The number of likely N-dealkylation sites (N-methyl/N-ethyl adjacent to an activating group) is 2. The first-order valence-electron chi connectivity index (χ1n) is 18.4. The van der Waals surface area contributed by atoms with Crippen molar-refractivity contribution in [2.24, 2.45) is 0 Å². The molecule has 0 saturated heterocycles. The summed E-state index contributed by atoms with van der Waals surface area (Å²) in [6, 6.07) is 10.2. The Morgan fingerprint density at radius 3 is 1.75 bits per heavy atom. The van der Waals surface area contributed by atoms with Crippen LogP contribution in [0.1, 0.15) is 45.5 Å². The molecule has 0 bridgehead atoms. The maximum absolute atomic E-state index is 6.95. The van der Waals surface area contributed by atoms with Gasteiger partial charge in [-0.15, -0.1) is 0 Å². The van der Waals surface area contributed by atoms with Gasteiger partial charge in [-0.25, -0.2) is 0 Å². The van der Waals surface area contributed by atoms with Crippen molar-refractivity contribution in [2.75, 3.05) is 91.2 Å². The predicted octanol–water partition coefficient (Wildman–Crippen LogP) is 7.08. The summed E-state index contributed by atoms with van der Waals surface area (Å²) >= 11 is 0. The van der Waals surface area contributed by atoms with Crippen LogP contribution in [0.25, 0.3) is 11.1 Å². The highest BCUT2D eigenvalue weighted by atomic mass is 16.5. The van der Waals surface area contributed by atoms with Crippen molar-refractivity contribution in [1.29, 1.82) is 0 Å². The molecule has 4 aromatic rings. The summed E-state index contributed by atoms with van der Waals surface area (Å²) in [5, 5.41) is 0. The summed E-state index contributed by atoms with van der Waals surface area (Å²) in [6.07, 6.45) is 2.99. The SMILES string of the molecule is COc1cc(C[C@@H]2c3cc(OC)c(OC)c(OC)c3CCN2C)c(Oc2cc3c(cc2OC)-c2c(OC)c(OC)c(OC)c4c2[C@@H](C3)N(C)CC4)cc1OC. The van der Waals surface area contributed by atoms with Gasteiger partial charge in [0.15, 0.2) is 46.0 Å². The molecule has 55 heavy (non-hydrogen) atoms. The zero-order valence-electron chi connectivity index (χ0n) is 33.8.